The largest absolute Gasteiger partial charge is 0.480 e. The number of alkyl halides is 3. The van der Waals surface area contributed by atoms with Crippen LogP contribution in [0.2, 0.25) is 0 Å². The summed E-state index contributed by atoms with van der Waals surface area (Å²) in [6.45, 7) is -1.18. The van der Waals surface area contributed by atoms with Gasteiger partial charge in [-0.25, -0.2) is 14.2 Å². The minimum absolute atomic E-state index is 0.0316. The number of ether oxygens (including phenoxy) is 1. The number of halogens is 3. The van der Waals surface area contributed by atoms with Crippen LogP contribution in [-0.4, -0.2) is 75.6 Å². The number of nitrogens with one attached hydrogen (secondary N) is 1. The maximum Gasteiger partial charge on any atom is 0.401 e. The van der Waals surface area contributed by atoms with Crippen molar-refractivity contribution in [3.8, 4) is 5.69 Å². The highest BCUT2D eigenvalue weighted by atomic mass is 19.4. The monoisotopic (exact) mass is 562 g/mol. The Labute approximate surface area is 226 Å². The number of rotatable bonds is 8. The Balaban J connectivity index is 1.60. The second-order valence-electron chi connectivity index (χ2n) is 9.83. The molecule has 1 aliphatic rings. The first-order valence-electron chi connectivity index (χ1n) is 12.5. The maximum atomic E-state index is 13.2. The number of aliphatic carboxylic acids is 1. The van der Waals surface area contributed by atoms with Gasteiger partial charge in [0.05, 0.1) is 12.2 Å². The Hall–Kier alpha value is -3.97. The van der Waals surface area contributed by atoms with Crippen LogP contribution in [0.1, 0.15) is 18.4 Å². The van der Waals surface area contributed by atoms with Gasteiger partial charge >= 0.3 is 17.8 Å². The van der Waals surface area contributed by atoms with Crippen molar-refractivity contribution >= 4 is 22.6 Å². The van der Waals surface area contributed by atoms with Crippen molar-refractivity contribution in [1.29, 1.82) is 0 Å². The molecule has 40 heavy (non-hydrogen) atoms. The fraction of sp³-hybridized carbons (Fsp3) is 0.407. The van der Waals surface area contributed by atoms with Crippen LogP contribution in [0.4, 0.5) is 13.2 Å². The first-order valence-corrected chi connectivity index (χ1v) is 12.5. The van der Waals surface area contributed by atoms with Crippen molar-refractivity contribution in [2.75, 3.05) is 26.7 Å². The van der Waals surface area contributed by atoms with Gasteiger partial charge in [0.2, 0.25) is 0 Å². The molecule has 2 N–H and O–H groups in total. The molecule has 10 nitrogen and oxygen atoms in total. The van der Waals surface area contributed by atoms with E-state index in [4.69, 9.17) is 4.74 Å². The lowest BCUT2D eigenvalue weighted by Crippen LogP contribution is -2.58. The number of carbonyl (C=O) groups is 2. The molecule has 13 heteroatoms. The van der Waals surface area contributed by atoms with Crippen molar-refractivity contribution in [1.82, 2.24) is 19.4 Å². The lowest BCUT2D eigenvalue weighted by atomic mass is 9.89. The maximum absolute atomic E-state index is 13.2. The first kappa shape index (κ1) is 29.0. The molecule has 2 aromatic carbocycles. The summed E-state index contributed by atoms with van der Waals surface area (Å²) in [4.78, 5) is 51.9. The van der Waals surface area contributed by atoms with Crippen molar-refractivity contribution in [2.24, 2.45) is 7.05 Å². The molecule has 0 radical (unpaired) electrons. The van der Waals surface area contributed by atoms with Crippen LogP contribution in [0.25, 0.3) is 16.5 Å². The van der Waals surface area contributed by atoms with E-state index in [1.165, 1.54) is 35.9 Å². The zero-order valence-corrected chi connectivity index (χ0v) is 21.9. The molecule has 2 heterocycles. The van der Waals surface area contributed by atoms with Crippen LogP contribution in [0.3, 0.4) is 0 Å². The van der Waals surface area contributed by atoms with E-state index in [1.807, 2.05) is 0 Å². The average molecular weight is 563 g/mol. The van der Waals surface area contributed by atoms with Gasteiger partial charge in [0, 0.05) is 51.3 Å². The summed E-state index contributed by atoms with van der Waals surface area (Å²) >= 11 is 0. The lowest BCUT2D eigenvalue weighted by Gasteiger charge is -2.40. The van der Waals surface area contributed by atoms with Crippen LogP contribution in [0, 0.1) is 0 Å². The smallest absolute Gasteiger partial charge is 0.401 e. The Morgan fingerprint density at radius 2 is 1.73 bits per heavy atom. The summed E-state index contributed by atoms with van der Waals surface area (Å²) in [6.07, 6.45) is -3.20. The predicted octanol–water partition coefficient (Wildman–Crippen LogP) is 1.84. The molecule has 0 aliphatic carbocycles. The summed E-state index contributed by atoms with van der Waals surface area (Å²) in [5.41, 5.74) is -1.67. The second-order valence-corrected chi connectivity index (χ2v) is 9.83. The topological polar surface area (TPSA) is 123 Å². The number of nitrogens with zero attached hydrogens (tertiary/aromatic N) is 3. The predicted molar refractivity (Wildman–Crippen MR) is 140 cm³/mol. The highest BCUT2D eigenvalue weighted by Crippen LogP contribution is 2.29. The number of aromatic nitrogens is 2. The number of carbonyl (C=O) groups excluding carboxylic acids is 1. The Morgan fingerprint density at radius 1 is 1.07 bits per heavy atom. The first-order chi connectivity index (χ1) is 18.8. The number of amides is 1. The van der Waals surface area contributed by atoms with E-state index in [0.29, 0.717) is 22.0 Å². The molecule has 1 aliphatic heterocycles. The van der Waals surface area contributed by atoms with Crippen molar-refractivity contribution in [2.45, 2.75) is 37.1 Å². The Bertz CT molecular complexity index is 1540. The highest BCUT2D eigenvalue weighted by Gasteiger charge is 2.44. The van der Waals surface area contributed by atoms with E-state index in [0.717, 1.165) is 4.57 Å². The van der Waals surface area contributed by atoms with Crippen LogP contribution in [0.5, 0.6) is 0 Å². The van der Waals surface area contributed by atoms with Gasteiger partial charge < -0.3 is 19.7 Å². The van der Waals surface area contributed by atoms with Crippen LogP contribution < -0.4 is 16.6 Å². The number of carboxylic acid groups (broad SMARTS) is 1. The molecule has 0 saturated carbocycles. The third kappa shape index (κ3) is 5.94. The molecular formula is C27H29F3N4O6. The van der Waals surface area contributed by atoms with E-state index in [9.17, 15) is 37.5 Å². The fourth-order valence-electron chi connectivity index (χ4n) is 5.08. The van der Waals surface area contributed by atoms with Gasteiger partial charge in [0.15, 0.2) is 0 Å². The van der Waals surface area contributed by atoms with Gasteiger partial charge in [0.1, 0.15) is 11.6 Å². The number of aryl methyl sites for hydroxylation is 1. The zero-order valence-electron chi connectivity index (χ0n) is 21.9. The molecule has 1 fully saturated rings. The van der Waals surface area contributed by atoms with Gasteiger partial charge in [-0.1, -0.05) is 30.3 Å². The molecule has 0 unspecified atom stereocenters. The highest BCUT2D eigenvalue weighted by molar-refractivity contribution is 5.94. The molecule has 0 spiro atoms. The van der Waals surface area contributed by atoms with E-state index in [1.54, 1.807) is 36.4 Å². The minimum atomic E-state index is -4.37. The number of piperidine rings is 1. The van der Waals surface area contributed by atoms with Gasteiger partial charge in [-0.15, -0.1) is 0 Å². The third-order valence-electron chi connectivity index (χ3n) is 7.28. The Morgan fingerprint density at radius 3 is 2.35 bits per heavy atom. The molecule has 1 amide bonds. The molecular weight excluding hydrogens is 533 g/mol. The third-order valence-corrected chi connectivity index (χ3v) is 7.28. The zero-order chi connectivity index (χ0) is 29.2. The van der Waals surface area contributed by atoms with Gasteiger partial charge in [-0.2, -0.15) is 13.2 Å². The normalized spacial score (nSPS) is 16.5. The number of likely N-dealkylation sites (tertiary alicyclic amines) is 1. The van der Waals surface area contributed by atoms with E-state index >= 15 is 0 Å². The van der Waals surface area contributed by atoms with Crippen LogP contribution in [-0.2, 0) is 27.8 Å². The SMILES string of the molecule is COC1(C(=O)N[C@@H](Cc2cccc3c(-n4c(=O)ccn(C)c4=O)cccc23)C(=O)O)CCN(CC(F)(F)F)CC1. The summed E-state index contributed by atoms with van der Waals surface area (Å²) in [5.74, 6) is -2.02. The number of benzene rings is 2. The summed E-state index contributed by atoms with van der Waals surface area (Å²) in [5, 5.41) is 13.6. The quantitative estimate of drug-likeness (QED) is 0.430. The number of hydrogen-bond donors (Lipinski definition) is 2. The van der Waals surface area contributed by atoms with Crippen LogP contribution >= 0.6 is 0 Å². The minimum Gasteiger partial charge on any atom is -0.480 e. The van der Waals surface area contributed by atoms with Crippen molar-refractivity contribution in [3.05, 3.63) is 75.1 Å². The van der Waals surface area contributed by atoms with E-state index in [-0.39, 0.29) is 32.4 Å². The summed E-state index contributed by atoms with van der Waals surface area (Å²) in [6, 6.07) is 9.90. The van der Waals surface area contributed by atoms with E-state index in [2.05, 4.69) is 5.32 Å². The lowest BCUT2D eigenvalue weighted by molar-refractivity contribution is -0.165. The van der Waals surface area contributed by atoms with E-state index < -0.39 is 47.5 Å². The van der Waals surface area contributed by atoms with Crippen molar-refractivity contribution < 1.29 is 32.6 Å². The van der Waals surface area contributed by atoms with Gasteiger partial charge in [0.25, 0.3) is 11.5 Å². The molecule has 1 saturated heterocycles. The molecule has 1 aromatic heterocycles. The van der Waals surface area contributed by atoms with Gasteiger partial charge in [-0.05, 0) is 29.9 Å². The number of hydrogen-bond acceptors (Lipinski definition) is 6. The molecule has 1 atom stereocenters. The second kappa shape index (κ2) is 11.3. The van der Waals surface area contributed by atoms with Gasteiger partial charge in [-0.3, -0.25) is 14.5 Å². The average Bonchev–Trinajstić information content (AvgIpc) is 2.90. The fourth-order valence-corrected chi connectivity index (χ4v) is 5.08. The molecule has 214 valence electrons. The molecule has 3 aromatic rings. The number of methoxy groups -OCH3 is 1. The number of fused-ring (bicyclic) bond motifs is 1. The summed E-state index contributed by atoms with van der Waals surface area (Å²) < 4.78 is 46.1. The number of carboxylic acids is 1. The molecule has 0 bridgehead atoms. The molecule has 4 rings (SSSR count). The summed E-state index contributed by atoms with van der Waals surface area (Å²) in [7, 11) is 2.79. The Kier molecular flexibility index (Phi) is 8.17. The van der Waals surface area contributed by atoms with Crippen molar-refractivity contribution in [3.63, 3.8) is 0 Å². The van der Waals surface area contributed by atoms with Crippen LogP contribution in [0.15, 0.2) is 58.3 Å². The standard InChI is InChI=1S/C27H29F3N4O6/c1-32-12-9-22(35)34(25(32)39)21-8-4-6-18-17(5-3-7-19(18)21)15-20(23(36)37)31-24(38)26(40-2)10-13-33(14-11-26)16-27(28,29)30/h3-9,12,20H,10-11,13-16H2,1-2H3,(H,31,38)(H,36,37)/t20-/m0/s1.